The number of carbonyl (C=O) groups is 2. The Morgan fingerprint density at radius 1 is 1.21 bits per heavy atom. The number of amides is 2. The van der Waals surface area contributed by atoms with Crippen LogP contribution in [0.5, 0.6) is 0 Å². The summed E-state index contributed by atoms with van der Waals surface area (Å²) in [6.45, 7) is 1.97. The van der Waals surface area contributed by atoms with Crippen molar-refractivity contribution >= 4 is 29.3 Å². The third-order valence-electron chi connectivity index (χ3n) is 5.89. The van der Waals surface area contributed by atoms with Crippen LogP contribution in [0, 0.1) is 12.7 Å². The van der Waals surface area contributed by atoms with Crippen molar-refractivity contribution < 1.29 is 14.0 Å². The van der Waals surface area contributed by atoms with E-state index in [4.69, 9.17) is 5.73 Å². The van der Waals surface area contributed by atoms with Crippen LogP contribution in [0.1, 0.15) is 31.8 Å². The van der Waals surface area contributed by atoms with Crippen LogP contribution in [0.3, 0.4) is 0 Å². The highest BCUT2D eigenvalue weighted by Crippen LogP contribution is 2.36. The van der Waals surface area contributed by atoms with Gasteiger partial charge in [0.1, 0.15) is 29.2 Å². The number of halogens is 1. The van der Waals surface area contributed by atoms with Crippen molar-refractivity contribution in [3.05, 3.63) is 70.8 Å². The first kappa shape index (κ1) is 21.3. The van der Waals surface area contributed by atoms with E-state index in [9.17, 15) is 9.59 Å². The maximum atomic E-state index is 15.6. The van der Waals surface area contributed by atoms with E-state index < -0.39 is 17.6 Å². The molecule has 0 saturated heterocycles. The van der Waals surface area contributed by atoms with Crippen LogP contribution in [0.4, 0.5) is 21.8 Å². The number of primary amides is 1. The van der Waals surface area contributed by atoms with E-state index in [0.717, 1.165) is 11.3 Å². The summed E-state index contributed by atoms with van der Waals surface area (Å²) < 4.78 is 18.6. The Kier molecular flexibility index (Phi) is 5.08. The SMILES string of the molecule is Cc1c(C(=O)Nc2ncnn2C)ccc(-c2nn3c(c2C(N)=O)Nc2ccccc2CC3)c1F. The Hall–Kier alpha value is -4.54. The van der Waals surface area contributed by atoms with Crippen LogP contribution >= 0.6 is 0 Å². The number of aromatic nitrogens is 5. The molecule has 1 aliphatic rings. The molecule has 4 aromatic rings. The second-order valence-electron chi connectivity index (χ2n) is 7.95. The lowest BCUT2D eigenvalue weighted by molar-refractivity contribution is 0.0998. The van der Waals surface area contributed by atoms with Gasteiger partial charge in [0.25, 0.3) is 11.8 Å². The van der Waals surface area contributed by atoms with Gasteiger partial charge in [-0.2, -0.15) is 15.2 Å². The summed E-state index contributed by atoms with van der Waals surface area (Å²) >= 11 is 0. The summed E-state index contributed by atoms with van der Waals surface area (Å²) in [6.07, 6.45) is 1.98. The summed E-state index contributed by atoms with van der Waals surface area (Å²) in [5, 5.41) is 14.3. The molecular weight excluding hydrogens is 439 g/mol. The van der Waals surface area contributed by atoms with Gasteiger partial charge in [0.05, 0.1) is 0 Å². The zero-order valence-corrected chi connectivity index (χ0v) is 18.5. The van der Waals surface area contributed by atoms with Crippen LogP contribution in [0.2, 0.25) is 0 Å². The van der Waals surface area contributed by atoms with Crippen molar-refractivity contribution in [2.24, 2.45) is 12.8 Å². The minimum absolute atomic E-state index is 0.0807. The molecule has 0 fully saturated rings. The van der Waals surface area contributed by atoms with Gasteiger partial charge in [0.2, 0.25) is 5.95 Å². The monoisotopic (exact) mass is 460 g/mol. The Morgan fingerprint density at radius 3 is 2.74 bits per heavy atom. The fourth-order valence-electron chi connectivity index (χ4n) is 4.08. The number of rotatable bonds is 4. The molecule has 2 aromatic heterocycles. The number of carbonyl (C=O) groups excluding carboxylic acids is 2. The van der Waals surface area contributed by atoms with Gasteiger partial charge >= 0.3 is 0 Å². The molecule has 0 aliphatic carbocycles. The van der Waals surface area contributed by atoms with Gasteiger partial charge in [-0.1, -0.05) is 18.2 Å². The lowest BCUT2D eigenvalue weighted by atomic mass is 9.99. The molecule has 0 radical (unpaired) electrons. The normalized spacial score (nSPS) is 12.3. The summed E-state index contributed by atoms with van der Waals surface area (Å²) in [6, 6.07) is 10.6. The molecule has 0 unspecified atom stereocenters. The van der Waals surface area contributed by atoms with Crippen LogP contribution in [-0.2, 0) is 20.0 Å². The molecule has 4 N–H and O–H groups in total. The third kappa shape index (κ3) is 3.47. The number of anilines is 3. The molecule has 172 valence electrons. The fourth-order valence-corrected chi connectivity index (χ4v) is 4.08. The van der Waals surface area contributed by atoms with E-state index in [0.29, 0.717) is 18.8 Å². The van der Waals surface area contributed by atoms with Crippen molar-refractivity contribution in [3.63, 3.8) is 0 Å². The van der Waals surface area contributed by atoms with Crippen LogP contribution in [-0.4, -0.2) is 36.4 Å². The average Bonchev–Trinajstić information content (AvgIpc) is 3.32. The van der Waals surface area contributed by atoms with Crippen LogP contribution < -0.4 is 16.4 Å². The molecule has 34 heavy (non-hydrogen) atoms. The number of benzene rings is 2. The lowest BCUT2D eigenvalue weighted by Crippen LogP contribution is -2.17. The van der Waals surface area contributed by atoms with E-state index in [1.807, 2.05) is 24.3 Å². The first-order valence-corrected chi connectivity index (χ1v) is 10.6. The molecule has 0 bridgehead atoms. The number of aryl methyl sites for hydroxylation is 3. The number of nitrogens with one attached hydrogen (secondary N) is 2. The molecule has 11 heteroatoms. The van der Waals surface area contributed by atoms with Gasteiger partial charge in [0.15, 0.2) is 0 Å². The first-order chi connectivity index (χ1) is 16.3. The number of nitrogens with zero attached hydrogens (tertiary/aromatic N) is 5. The third-order valence-corrected chi connectivity index (χ3v) is 5.89. The molecule has 1 aliphatic heterocycles. The Balaban J connectivity index is 1.56. The maximum Gasteiger partial charge on any atom is 0.258 e. The van der Waals surface area contributed by atoms with Crippen molar-refractivity contribution in [2.45, 2.75) is 19.9 Å². The summed E-state index contributed by atoms with van der Waals surface area (Å²) in [7, 11) is 1.62. The second kappa shape index (κ2) is 8.10. The summed E-state index contributed by atoms with van der Waals surface area (Å²) in [5.74, 6) is -1.29. The lowest BCUT2D eigenvalue weighted by Gasteiger charge is -2.11. The Labute approximate surface area is 193 Å². The largest absolute Gasteiger partial charge is 0.365 e. The smallest absolute Gasteiger partial charge is 0.258 e. The highest BCUT2D eigenvalue weighted by Gasteiger charge is 2.28. The van der Waals surface area contributed by atoms with E-state index >= 15 is 4.39 Å². The van der Waals surface area contributed by atoms with Crippen molar-refractivity contribution in [2.75, 3.05) is 10.6 Å². The number of hydrogen-bond donors (Lipinski definition) is 3. The Morgan fingerprint density at radius 2 is 2.00 bits per heavy atom. The number of hydrogen-bond acceptors (Lipinski definition) is 6. The fraction of sp³-hybridized carbons (Fsp3) is 0.174. The minimum atomic E-state index is -0.732. The number of fused-ring (bicyclic) bond motifs is 2. The summed E-state index contributed by atoms with van der Waals surface area (Å²) in [5.41, 5.74) is 8.14. The quantitative estimate of drug-likeness (QED) is 0.429. The zero-order chi connectivity index (χ0) is 24.0. The topological polar surface area (TPSA) is 133 Å². The van der Waals surface area contributed by atoms with E-state index in [1.165, 1.54) is 30.1 Å². The second-order valence-corrected chi connectivity index (χ2v) is 7.95. The molecule has 2 amide bonds. The molecule has 10 nitrogen and oxygen atoms in total. The maximum absolute atomic E-state index is 15.6. The van der Waals surface area contributed by atoms with Gasteiger partial charge in [0, 0.05) is 30.4 Å². The van der Waals surface area contributed by atoms with Gasteiger partial charge in [-0.3, -0.25) is 14.9 Å². The molecule has 3 heterocycles. The van der Waals surface area contributed by atoms with Crippen molar-refractivity contribution in [1.29, 1.82) is 0 Å². The standard InChI is InChI=1S/C23H21FN8O2/c1-12-14(22(34)29-23-26-11-27-31(23)2)7-8-15(18(12)24)19-17(20(25)33)21-28-16-6-4-3-5-13(16)9-10-32(21)30-19/h3-8,11,28H,9-10H2,1-2H3,(H2,25,33)(H,26,27,29,34). The first-order valence-electron chi connectivity index (χ1n) is 10.6. The molecule has 5 rings (SSSR count). The van der Waals surface area contributed by atoms with Crippen LogP contribution in [0.25, 0.3) is 11.3 Å². The average molecular weight is 460 g/mol. The van der Waals surface area contributed by atoms with Gasteiger partial charge in [-0.25, -0.2) is 13.8 Å². The highest BCUT2D eigenvalue weighted by atomic mass is 19.1. The van der Waals surface area contributed by atoms with Crippen molar-refractivity contribution in [3.8, 4) is 11.3 Å². The minimum Gasteiger partial charge on any atom is -0.365 e. The van der Waals surface area contributed by atoms with Gasteiger partial charge < -0.3 is 11.1 Å². The predicted molar refractivity (Wildman–Crippen MR) is 123 cm³/mol. The van der Waals surface area contributed by atoms with Gasteiger partial charge in [-0.05, 0) is 42.7 Å². The molecule has 0 spiro atoms. The van der Waals surface area contributed by atoms with Crippen LogP contribution in [0.15, 0.2) is 42.7 Å². The highest BCUT2D eigenvalue weighted by molar-refractivity contribution is 6.06. The molecule has 2 aromatic carbocycles. The Bertz CT molecular complexity index is 1460. The van der Waals surface area contributed by atoms with Gasteiger partial charge in [-0.15, -0.1) is 0 Å². The predicted octanol–water partition coefficient (Wildman–Crippen LogP) is 2.78. The number of nitrogens with two attached hydrogens (primary N) is 1. The molecule has 0 atom stereocenters. The van der Waals surface area contributed by atoms with E-state index in [-0.39, 0.29) is 33.9 Å². The zero-order valence-electron chi connectivity index (χ0n) is 18.5. The molecular formula is C23H21FN8O2. The van der Waals surface area contributed by atoms with E-state index in [2.05, 4.69) is 25.8 Å². The summed E-state index contributed by atoms with van der Waals surface area (Å²) in [4.78, 5) is 29.1. The number of para-hydroxylation sites is 1. The van der Waals surface area contributed by atoms with Crippen molar-refractivity contribution in [1.82, 2.24) is 24.5 Å². The van der Waals surface area contributed by atoms with E-state index in [1.54, 1.807) is 11.7 Å². The molecule has 0 saturated carbocycles.